The van der Waals surface area contributed by atoms with Gasteiger partial charge in [-0.25, -0.2) is 9.78 Å². The molecular weight excluding hydrogens is 263 g/mol. The average molecular weight is 269 g/mol. The Morgan fingerprint density at radius 1 is 1.21 bits per heavy atom. The van der Waals surface area contributed by atoms with E-state index in [2.05, 4.69) is 9.72 Å². The van der Waals surface area contributed by atoms with Crippen LogP contribution in [0.4, 0.5) is 13.2 Å². The molecule has 0 spiro atoms. The summed E-state index contributed by atoms with van der Waals surface area (Å²) >= 11 is 0. The molecule has 0 aliphatic rings. The van der Waals surface area contributed by atoms with Gasteiger partial charge in [-0.1, -0.05) is 18.2 Å². The molecule has 98 valence electrons. The number of hydrogen-bond donors (Lipinski definition) is 0. The fourth-order valence-electron chi connectivity index (χ4n) is 1.44. The van der Waals surface area contributed by atoms with Crippen LogP contribution in [0.1, 0.15) is 10.5 Å². The van der Waals surface area contributed by atoms with E-state index < -0.39 is 12.1 Å². The van der Waals surface area contributed by atoms with Crippen LogP contribution in [0.2, 0.25) is 0 Å². The first-order valence-corrected chi connectivity index (χ1v) is 5.06. The van der Waals surface area contributed by atoms with E-state index in [0.717, 1.165) is 0 Å². The summed E-state index contributed by atoms with van der Waals surface area (Å²) in [5.41, 5.74) is 0.0488. The molecule has 0 saturated carbocycles. The zero-order valence-corrected chi connectivity index (χ0v) is 9.27. The highest BCUT2D eigenvalue weighted by atomic mass is 19.4. The number of nitrogens with zero attached hydrogens (tertiary/aromatic N) is 1. The summed E-state index contributed by atoms with van der Waals surface area (Å²) < 4.78 is 40.6. The predicted molar refractivity (Wildman–Crippen MR) is 58.8 cm³/mol. The number of aromatic nitrogens is 1. The number of carbonyl (C=O) groups excluding carboxylic acids is 2. The second kappa shape index (κ2) is 4.68. The van der Waals surface area contributed by atoms with Gasteiger partial charge in [0, 0.05) is 5.39 Å². The van der Waals surface area contributed by atoms with Gasteiger partial charge in [0.2, 0.25) is 0 Å². The topological polar surface area (TPSA) is 56.3 Å². The molecule has 1 aromatic heterocycles. The number of alkyl halides is 3. The number of benzene rings is 1. The van der Waals surface area contributed by atoms with Crippen molar-refractivity contribution in [3.8, 4) is 5.75 Å². The summed E-state index contributed by atoms with van der Waals surface area (Å²) in [7, 11) is 0. The first-order chi connectivity index (χ1) is 8.91. The highest BCUT2D eigenvalue weighted by molar-refractivity contribution is 5.90. The molecule has 1 heterocycles. The molecule has 0 atom stereocenters. The lowest BCUT2D eigenvalue weighted by Crippen LogP contribution is -2.28. The number of rotatable bonds is 2. The zero-order valence-electron chi connectivity index (χ0n) is 9.27. The van der Waals surface area contributed by atoms with E-state index in [1.54, 1.807) is 6.07 Å². The van der Waals surface area contributed by atoms with E-state index in [0.29, 0.717) is 11.7 Å². The molecule has 4 nitrogen and oxygen atoms in total. The van der Waals surface area contributed by atoms with Gasteiger partial charge in [-0.05, 0) is 12.1 Å². The molecule has 1 aromatic carbocycles. The molecule has 0 fully saturated rings. The predicted octanol–water partition coefficient (Wildman–Crippen LogP) is 2.52. The largest absolute Gasteiger partial charge is 0.491 e. The van der Waals surface area contributed by atoms with Crippen LogP contribution < -0.4 is 4.74 Å². The lowest BCUT2D eigenvalue weighted by molar-refractivity contribution is -0.189. The van der Waals surface area contributed by atoms with Crippen molar-refractivity contribution < 1.29 is 27.5 Å². The van der Waals surface area contributed by atoms with Crippen molar-refractivity contribution in [2.75, 3.05) is 0 Å². The number of esters is 1. The van der Waals surface area contributed by atoms with Gasteiger partial charge in [0.05, 0.1) is 0 Å². The van der Waals surface area contributed by atoms with E-state index in [9.17, 15) is 22.8 Å². The quantitative estimate of drug-likeness (QED) is 0.477. The van der Waals surface area contributed by atoms with Gasteiger partial charge >= 0.3 is 12.1 Å². The van der Waals surface area contributed by atoms with Crippen LogP contribution in [0.5, 0.6) is 5.75 Å². The van der Waals surface area contributed by atoms with Gasteiger partial charge in [-0.2, -0.15) is 13.2 Å². The summed E-state index contributed by atoms with van der Waals surface area (Å²) in [6.45, 7) is 0. The van der Waals surface area contributed by atoms with Crippen LogP contribution in [-0.4, -0.2) is 23.4 Å². The highest BCUT2D eigenvalue weighted by Gasteiger charge is 2.41. The Morgan fingerprint density at radius 2 is 1.95 bits per heavy atom. The van der Waals surface area contributed by atoms with Gasteiger partial charge in [0.15, 0.2) is 12.0 Å². The number of pyridine rings is 1. The van der Waals surface area contributed by atoms with Gasteiger partial charge < -0.3 is 4.74 Å². The minimum absolute atomic E-state index is 0.0182. The number of fused-ring (bicyclic) bond motifs is 1. The maximum atomic E-state index is 12.1. The summed E-state index contributed by atoms with van der Waals surface area (Å²) in [5.74, 6) is -2.68. The normalized spacial score (nSPS) is 11.3. The minimum atomic E-state index is -5.09. The molecule has 19 heavy (non-hydrogen) atoms. The standard InChI is InChI=1S/C12H6F3NO3/c13-12(14,15)11(18)19-9-3-1-2-7-4-5-8(6-17)16-10(7)9/h1-6H. The van der Waals surface area contributed by atoms with E-state index >= 15 is 0 Å². The van der Waals surface area contributed by atoms with Crippen LogP contribution in [-0.2, 0) is 4.79 Å². The van der Waals surface area contributed by atoms with Crippen molar-refractivity contribution in [1.82, 2.24) is 4.98 Å². The van der Waals surface area contributed by atoms with Gasteiger partial charge in [-0.3, -0.25) is 4.79 Å². The third-order valence-electron chi connectivity index (χ3n) is 2.26. The van der Waals surface area contributed by atoms with Gasteiger partial charge in [0.25, 0.3) is 0 Å². The number of para-hydroxylation sites is 1. The van der Waals surface area contributed by atoms with Crippen LogP contribution in [0, 0.1) is 0 Å². The molecule has 0 aliphatic heterocycles. The molecule has 0 amide bonds. The van der Waals surface area contributed by atoms with Gasteiger partial charge in [0.1, 0.15) is 11.2 Å². The molecule has 2 aromatic rings. The molecule has 0 radical (unpaired) electrons. The lowest BCUT2D eigenvalue weighted by atomic mass is 10.2. The fraction of sp³-hybridized carbons (Fsp3) is 0.0833. The maximum Gasteiger partial charge on any atom is 0.491 e. The average Bonchev–Trinajstić information content (AvgIpc) is 2.37. The molecular formula is C12H6F3NO3. The monoisotopic (exact) mass is 269 g/mol. The lowest BCUT2D eigenvalue weighted by Gasteiger charge is -2.08. The van der Waals surface area contributed by atoms with E-state index in [1.807, 2.05) is 0 Å². The zero-order chi connectivity index (χ0) is 14.0. The van der Waals surface area contributed by atoms with Crippen molar-refractivity contribution in [2.45, 2.75) is 6.18 Å². The molecule has 0 unspecified atom stereocenters. The number of hydrogen-bond acceptors (Lipinski definition) is 4. The third-order valence-corrected chi connectivity index (χ3v) is 2.26. The van der Waals surface area contributed by atoms with Crippen molar-refractivity contribution in [3.05, 3.63) is 36.0 Å². The Morgan fingerprint density at radius 3 is 2.58 bits per heavy atom. The fourth-order valence-corrected chi connectivity index (χ4v) is 1.44. The smallest absolute Gasteiger partial charge is 0.418 e. The summed E-state index contributed by atoms with van der Waals surface area (Å²) in [6.07, 6.45) is -4.65. The summed E-state index contributed by atoms with van der Waals surface area (Å²) in [6, 6.07) is 7.07. The van der Waals surface area contributed by atoms with E-state index in [-0.39, 0.29) is 17.0 Å². The number of halogens is 3. The highest BCUT2D eigenvalue weighted by Crippen LogP contribution is 2.26. The van der Waals surface area contributed by atoms with Crippen molar-refractivity contribution >= 4 is 23.2 Å². The molecule has 2 rings (SSSR count). The SMILES string of the molecule is O=Cc1ccc2cccc(OC(=O)C(F)(F)F)c2n1. The van der Waals surface area contributed by atoms with Crippen LogP contribution in [0.3, 0.4) is 0 Å². The Balaban J connectivity index is 2.48. The summed E-state index contributed by atoms with van der Waals surface area (Å²) in [5, 5.41) is 0.457. The first-order valence-electron chi connectivity index (χ1n) is 5.06. The summed E-state index contributed by atoms with van der Waals surface area (Å²) in [4.78, 5) is 25.2. The Hall–Kier alpha value is -2.44. The van der Waals surface area contributed by atoms with Crippen LogP contribution >= 0.6 is 0 Å². The third kappa shape index (κ3) is 2.70. The maximum absolute atomic E-state index is 12.1. The van der Waals surface area contributed by atoms with E-state index in [1.165, 1.54) is 24.3 Å². The van der Waals surface area contributed by atoms with Crippen molar-refractivity contribution in [3.63, 3.8) is 0 Å². The molecule has 0 aliphatic carbocycles. The molecule has 0 saturated heterocycles. The van der Waals surface area contributed by atoms with Gasteiger partial charge in [-0.15, -0.1) is 0 Å². The first kappa shape index (κ1) is 13.0. The Bertz CT molecular complexity index is 652. The minimum Gasteiger partial charge on any atom is -0.418 e. The second-order valence-electron chi connectivity index (χ2n) is 3.57. The molecule has 0 bridgehead atoms. The Labute approximate surface area is 104 Å². The molecule has 7 heteroatoms. The second-order valence-corrected chi connectivity index (χ2v) is 3.57. The number of aldehydes is 1. The number of ether oxygens (including phenoxy) is 1. The van der Waals surface area contributed by atoms with E-state index in [4.69, 9.17) is 0 Å². The number of carbonyl (C=O) groups is 2. The Kier molecular flexibility index (Phi) is 3.20. The van der Waals surface area contributed by atoms with Crippen molar-refractivity contribution in [2.24, 2.45) is 0 Å². The van der Waals surface area contributed by atoms with Crippen LogP contribution in [0.25, 0.3) is 10.9 Å². The van der Waals surface area contributed by atoms with Crippen molar-refractivity contribution in [1.29, 1.82) is 0 Å². The van der Waals surface area contributed by atoms with Crippen LogP contribution in [0.15, 0.2) is 30.3 Å². The molecule has 0 N–H and O–H groups in total.